The summed E-state index contributed by atoms with van der Waals surface area (Å²) in [6.07, 6.45) is 2.43. The van der Waals surface area contributed by atoms with Crippen LogP contribution < -0.4 is 9.47 Å². The third-order valence-corrected chi connectivity index (χ3v) is 3.96. The molecule has 0 saturated carbocycles. The molecule has 1 heterocycles. The lowest BCUT2D eigenvalue weighted by atomic mass is 10.1. The maximum absolute atomic E-state index is 12.2. The molecule has 0 N–H and O–H groups in total. The zero-order valence-corrected chi connectivity index (χ0v) is 13.0. The molecule has 2 amide bonds. The molecule has 1 fully saturated rings. The molecule has 1 aromatic rings. The molecule has 21 heavy (non-hydrogen) atoms. The average Bonchev–Trinajstić information content (AvgIpc) is 2.75. The number of hydrogen-bond acceptors (Lipinski definition) is 5. The van der Waals surface area contributed by atoms with Gasteiger partial charge in [-0.2, -0.15) is 0 Å². The number of rotatable bonds is 5. The second-order valence-corrected chi connectivity index (χ2v) is 5.43. The molecule has 1 aliphatic rings. The van der Waals surface area contributed by atoms with Crippen LogP contribution in [0, 0.1) is 0 Å². The van der Waals surface area contributed by atoms with Gasteiger partial charge in [-0.15, -0.1) is 0 Å². The van der Waals surface area contributed by atoms with Gasteiger partial charge in [-0.05, 0) is 36.4 Å². The fourth-order valence-electron chi connectivity index (χ4n) is 2.00. The molecular weight excluding hydrogens is 290 g/mol. The van der Waals surface area contributed by atoms with Gasteiger partial charge in [0.25, 0.3) is 11.1 Å². The molecule has 112 valence electrons. The first-order valence-corrected chi connectivity index (χ1v) is 7.39. The maximum atomic E-state index is 12.2. The minimum atomic E-state index is -0.246. The van der Waals surface area contributed by atoms with Crippen molar-refractivity contribution < 1.29 is 19.1 Å². The minimum Gasteiger partial charge on any atom is -0.497 e. The Bertz CT molecular complexity index is 597. The van der Waals surface area contributed by atoms with Gasteiger partial charge in [-0.25, -0.2) is 0 Å². The van der Waals surface area contributed by atoms with Crippen LogP contribution in [0.2, 0.25) is 0 Å². The van der Waals surface area contributed by atoms with Crippen LogP contribution in [0.4, 0.5) is 4.79 Å². The van der Waals surface area contributed by atoms with E-state index in [9.17, 15) is 9.59 Å². The van der Waals surface area contributed by atoms with Gasteiger partial charge < -0.3 is 9.47 Å². The van der Waals surface area contributed by atoms with Crippen molar-refractivity contribution in [3.8, 4) is 11.5 Å². The van der Waals surface area contributed by atoms with Crippen LogP contribution >= 0.6 is 11.8 Å². The van der Waals surface area contributed by atoms with Crippen molar-refractivity contribution in [1.29, 1.82) is 0 Å². The van der Waals surface area contributed by atoms with Crippen molar-refractivity contribution in [2.24, 2.45) is 0 Å². The highest BCUT2D eigenvalue weighted by Crippen LogP contribution is 2.34. The van der Waals surface area contributed by atoms with Gasteiger partial charge in [0.2, 0.25) is 0 Å². The van der Waals surface area contributed by atoms with Crippen LogP contribution in [-0.4, -0.2) is 36.8 Å². The number of nitrogens with zero attached hydrogens (tertiary/aromatic N) is 1. The molecule has 0 unspecified atom stereocenters. The summed E-state index contributed by atoms with van der Waals surface area (Å²) < 4.78 is 10.4. The lowest BCUT2D eigenvalue weighted by Gasteiger charge is -2.10. The topological polar surface area (TPSA) is 55.8 Å². The molecule has 1 aromatic carbocycles. The Hall–Kier alpha value is -1.95. The summed E-state index contributed by atoms with van der Waals surface area (Å²) in [5.74, 6) is 1.02. The zero-order valence-electron chi connectivity index (χ0n) is 12.2. The van der Waals surface area contributed by atoms with Gasteiger partial charge in [0.05, 0.1) is 19.1 Å². The first kappa shape index (κ1) is 15.4. The van der Waals surface area contributed by atoms with E-state index >= 15 is 0 Å². The molecule has 0 aliphatic carbocycles. The van der Waals surface area contributed by atoms with Crippen molar-refractivity contribution in [2.75, 3.05) is 20.8 Å². The SMILES string of the molecule is CCCN1C(=O)S/C(=C/c2ccc(OC)cc2OC)C1=O. The quantitative estimate of drug-likeness (QED) is 0.782. The predicted octanol–water partition coefficient (Wildman–Crippen LogP) is 3.15. The molecule has 0 aromatic heterocycles. The summed E-state index contributed by atoms with van der Waals surface area (Å²) in [6.45, 7) is 2.38. The lowest BCUT2D eigenvalue weighted by Crippen LogP contribution is -2.28. The van der Waals surface area contributed by atoms with E-state index in [1.165, 1.54) is 4.90 Å². The Morgan fingerprint density at radius 1 is 1.24 bits per heavy atom. The van der Waals surface area contributed by atoms with Crippen LogP contribution in [0.1, 0.15) is 18.9 Å². The summed E-state index contributed by atoms with van der Waals surface area (Å²) in [4.78, 5) is 25.7. The number of ether oxygens (including phenoxy) is 2. The molecule has 0 radical (unpaired) electrons. The van der Waals surface area contributed by atoms with Gasteiger partial charge in [-0.1, -0.05) is 6.92 Å². The van der Waals surface area contributed by atoms with Crippen LogP contribution in [0.5, 0.6) is 11.5 Å². The van der Waals surface area contributed by atoms with Crippen molar-refractivity contribution in [3.63, 3.8) is 0 Å². The molecule has 0 spiro atoms. The molecule has 1 aliphatic heterocycles. The molecule has 6 heteroatoms. The summed E-state index contributed by atoms with van der Waals surface area (Å²) in [6, 6.07) is 5.32. The third-order valence-electron chi connectivity index (χ3n) is 3.05. The van der Waals surface area contributed by atoms with E-state index in [0.717, 1.165) is 23.7 Å². The Kier molecular flexibility index (Phi) is 4.90. The van der Waals surface area contributed by atoms with E-state index in [1.807, 2.05) is 6.92 Å². The highest BCUT2D eigenvalue weighted by molar-refractivity contribution is 8.18. The van der Waals surface area contributed by atoms with Gasteiger partial charge in [0.15, 0.2) is 0 Å². The first-order chi connectivity index (χ1) is 10.1. The Morgan fingerprint density at radius 3 is 2.62 bits per heavy atom. The van der Waals surface area contributed by atoms with Crippen molar-refractivity contribution in [2.45, 2.75) is 13.3 Å². The Balaban J connectivity index is 2.32. The van der Waals surface area contributed by atoms with Gasteiger partial charge >= 0.3 is 0 Å². The predicted molar refractivity (Wildman–Crippen MR) is 82.5 cm³/mol. The highest BCUT2D eigenvalue weighted by Gasteiger charge is 2.34. The molecule has 2 rings (SSSR count). The second-order valence-electron chi connectivity index (χ2n) is 4.44. The van der Waals surface area contributed by atoms with Crippen molar-refractivity contribution >= 4 is 29.0 Å². The Morgan fingerprint density at radius 2 is 2.00 bits per heavy atom. The highest BCUT2D eigenvalue weighted by atomic mass is 32.2. The van der Waals surface area contributed by atoms with E-state index in [2.05, 4.69) is 0 Å². The average molecular weight is 307 g/mol. The molecule has 0 bridgehead atoms. The Labute approximate surface area is 127 Å². The van der Waals surface area contributed by atoms with Gasteiger partial charge in [0.1, 0.15) is 11.5 Å². The van der Waals surface area contributed by atoms with E-state index in [4.69, 9.17) is 9.47 Å². The number of carbonyl (C=O) groups excluding carboxylic acids is 2. The van der Waals surface area contributed by atoms with Crippen LogP contribution in [0.25, 0.3) is 6.08 Å². The number of carbonyl (C=O) groups is 2. The third kappa shape index (κ3) is 3.21. The summed E-state index contributed by atoms with van der Waals surface area (Å²) in [7, 11) is 3.12. The van der Waals surface area contributed by atoms with Crippen LogP contribution in [-0.2, 0) is 4.79 Å². The minimum absolute atomic E-state index is 0.222. The number of hydrogen-bond donors (Lipinski definition) is 0. The van der Waals surface area contributed by atoms with E-state index in [-0.39, 0.29) is 11.1 Å². The molecular formula is C15H17NO4S. The van der Waals surface area contributed by atoms with Crippen molar-refractivity contribution in [1.82, 2.24) is 4.90 Å². The molecule has 1 saturated heterocycles. The number of amides is 2. The normalized spacial score (nSPS) is 16.7. The number of imide groups is 1. The fraction of sp³-hybridized carbons (Fsp3) is 0.333. The monoisotopic (exact) mass is 307 g/mol. The standard InChI is InChI=1S/C15H17NO4S/c1-4-7-16-14(17)13(21-15(16)18)8-10-5-6-11(19-2)9-12(10)20-3/h5-6,8-9H,4,7H2,1-3H3/b13-8+. The fourth-order valence-corrected chi connectivity index (χ4v) is 2.85. The first-order valence-electron chi connectivity index (χ1n) is 6.58. The number of benzene rings is 1. The molecule has 5 nitrogen and oxygen atoms in total. The zero-order chi connectivity index (χ0) is 15.4. The van der Waals surface area contributed by atoms with Gasteiger partial charge in [0, 0.05) is 18.2 Å². The van der Waals surface area contributed by atoms with E-state index in [1.54, 1.807) is 38.5 Å². The summed E-state index contributed by atoms with van der Waals surface area (Å²) in [5, 5.41) is -0.222. The smallest absolute Gasteiger partial charge is 0.293 e. The summed E-state index contributed by atoms with van der Waals surface area (Å²) in [5.41, 5.74) is 0.736. The number of methoxy groups -OCH3 is 2. The van der Waals surface area contributed by atoms with E-state index in [0.29, 0.717) is 22.9 Å². The lowest BCUT2D eigenvalue weighted by molar-refractivity contribution is -0.122. The second kappa shape index (κ2) is 6.67. The van der Waals surface area contributed by atoms with Crippen LogP contribution in [0.15, 0.2) is 23.1 Å². The largest absolute Gasteiger partial charge is 0.497 e. The number of thioether (sulfide) groups is 1. The van der Waals surface area contributed by atoms with Crippen molar-refractivity contribution in [3.05, 3.63) is 28.7 Å². The van der Waals surface area contributed by atoms with Crippen LogP contribution in [0.3, 0.4) is 0 Å². The summed E-state index contributed by atoms with van der Waals surface area (Å²) >= 11 is 0.957. The van der Waals surface area contributed by atoms with Gasteiger partial charge in [-0.3, -0.25) is 14.5 Å². The molecule has 0 atom stereocenters. The van der Waals surface area contributed by atoms with E-state index < -0.39 is 0 Å². The maximum Gasteiger partial charge on any atom is 0.293 e.